The van der Waals surface area contributed by atoms with Gasteiger partial charge in [-0.3, -0.25) is 9.69 Å². The second-order valence-electron chi connectivity index (χ2n) is 4.99. The van der Waals surface area contributed by atoms with E-state index < -0.39 is 0 Å². The Bertz CT molecular complexity index is 507. The first-order chi connectivity index (χ1) is 9.24. The van der Waals surface area contributed by atoms with E-state index in [9.17, 15) is 9.90 Å². The molecule has 2 heterocycles. The molecule has 2 aliphatic rings. The number of phenols is 1. The van der Waals surface area contributed by atoms with Gasteiger partial charge in [0.25, 0.3) is 0 Å². The molecule has 1 fully saturated rings. The van der Waals surface area contributed by atoms with Crippen LogP contribution < -0.4 is 0 Å². The van der Waals surface area contributed by atoms with Gasteiger partial charge in [0.2, 0.25) is 0 Å². The molecule has 1 atom stereocenters. The summed E-state index contributed by atoms with van der Waals surface area (Å²) in [5, 5.41) is 9.29. The lowest BCUT2D eigenvalue weighted by molar-refractivity contribution is -0.142. The third-order valence-electron chi connectivity index (χ3n) is 3.83. The highest BCUT2D eigenvalue weighted by atomic mass is 16.5. The minimum atomic E-state index is -0.0820. The van der Waals surface area contributed by atoms with Crippen molar-refractivity contribution < 1.29 is 14.6 Å². The van der Waals surface area contributed by atoms with E-state index >= 15 is 0 Å². The number of hydrogen-bond donors (Lipinski definition) is 1. The number of nitrogens with zero attached hydrogens (tertiary/aromatic N) is 1. The van der Waals surface area contributed by atoms with Crippen LogP contribution in [-0.2, 0) is 9.53 Å². The molecule has 1 N–H and O–H groups in total. The summed E-state index contributed by atoms with van der Waals surface area (Å²) in [7, 11) is 0. The normalized spacial score (nSPS) is 24.1. The molecule has 0 amide bonds. The summed E-state index contributed by atoms with van der Waals surface area (Å²) in [6, 6.07) is 7.22. The van der Waals surface area contributed by atoms with Crippen LogP contribution in [0.5, 0.6) is 5.75 Å². The molecule has 1 aromatic carbocycles. The van der Waals surface area contributed by atoms with E-state index in [0.717, 1.165) is 31.5 Å². The first kappa shape index (κ1) is 12.2. The maximum atomic E-state index is 11.6. The number of esters is 1. The Morgan fingerprint density at radius 2 is 2.05 bits per heavy atom. The van der Waals surface area contributed by atoms with Gasteiger partial charge in [0.1, 0.15) is 11.8 Å². The van der Waals surface area contributed by atoms with Crippen LogP contribution in [0.15, 0.2) is 30.3 Å². The quantitative estimate of drug-likeness (QED) is 0.823. The van der Waals surface area contributed by atoms with E-state index in [2.05, 4.69) is 11.0 Å². The van der Waals surface area contributed by atoms with Crippen molar-refractivity contribution in [1.82, 2.24) is 4.90 Å². The molecule has 1 aromatic rings. The Morgan fingerprint density at radius 1 is 1.26 bits per heavy atom. The van der Waals surface area contributed by atoms with Gasteiger partial charge in [-0.15, -0.1) is 0 Å². The summed E-state index contributed by atoms with van der Waals surface area (Å²) in [5.74, 6) is 0.206. The molecule has 19 heavy (non-hydrogen) atoms. The molecule has 4 nitrogen and oxygen atoms in total. The Kier molecular flexibility index (Phi) is 3.25. The van der Waals surface area contributed by atoms with E-state index in [1.807, 2.05) is 12.1 Å². The Labute approximate surface area is 112 Å². The van der Waals surface area contributed by atoms with E-state index in [1.165, 1.54) is 5.57 Å². The summed E-state index contributed by atoms with van der Waals surface area (Å²) in [4.78, 5) is 13.7. The maximum absolute atomic E-state index is 11.6. The van der Waals surface area contributed by atoms with Crippen LogP contribution in [-0.4, -0.2) is 41.7 Å². The van der Waals surface area contributed by atoms with Gasteiger partial charge >= 0.3 is 5.97 Å². The first-order valence-electron chi connectivity index (χ1n) is 6.63. The third-order valence-corrected chi connectivity index (χ3v) is 3.83. The number of phenolic OH excluding ortho intramolecular Hbond substituents is 1. The first-order valence-corrected chi connectivity index (χ1v) is 6.63. The van der Waals surface area contributed by atoms with E-state index in [4.69, 9.17) is 4.74 Å². The zero-order chi connectivity index (χ0) is 13.2. The summed E-state index contributed by atoms with van der Waals surface area (Å²) in [6.07, 6.45) is 3.90. The summed E-state index contributed by atoms with van der Waals surface area (Å²) in [5.41, 5.74) is 2.43. The van der Waals surface area contributed by atoms with Crippen LogP contribution in [0.25, 0.3) is 5.57 Å². The molecule has 0 saturated carbocycles. The van der Waals surface area contributed by atoms with Crippen molar-refractivity contribution in [2.75, 3.05) is 19.7 Å². The standard InChI is InChI=1S/C15H17NO3/c17-13-3-1-11(2-4-13)12-5-8-16(9-6-12)14-7-10-19-15(14)18/h1-5,14,17H,6-10H2. The van der Waals surface area contributed by atoms with Crippen molar-refractivity contribution in [1.29, 1.82) is 0 Å². The number of benzene rings is 1. The van der Waals surface area contributed by atoms with E-state index in [1.54, 1.807) is 12.1 Å². The van der Waals surface area contributed by atoms with Gasteiger partial charge in [0.05, 0.1) is 6.61 Å². The second-order valence-corrected chi connectivity index (χ2v) is 4.99. The van der Waals surface area contributed by atoms with Crippen LogP contribution >= 0.6 is 0 Å². The largest absolute Gasteiger partial charge is 0.508 e. The van der Waals surface area contributed by atoms with Crippen molar-refractivity contribution in [3.63, 3.8) is 0 Å². The number of ether oxygens (including phenoxy) is 1. The average molecular weight is 259 g/mol. The lowest BCUT2D eigenvalue weighted by atomic mass is 9.98. The van der Waals surface area contributed by atoms with Crippen molar-refractivity contribution in [3.8, 4) is 5.75 Å². The Balaban J connectivity index is 1.70. The van der Waals surface area contributed by atoms with Crippen LogP contribution in [0.1, 0.15) is 18.4 Å². The Morgan fingerprint density at radius 3 is 2.63 bits per heavy atom. The minimum Gasteiger partial charge on any atom is -0.508 e. The lowest BCUT2D eigenvalue weighted by Crippen LogP contribution is -2.41. The predicted molar refractivity (Wildman–Crippen MR) is 71.6 cm³/mol. The van der Waals surface area contributed by atoms with Gasteiger partial charge < -0.3 is 9.84 Å². The molecule has 1 saturated heterocycles. The molecule has 1 unspecified atom stereocenters. The number of rotatable bonds is 2. The number of hydrogen-bond acceptors (Lipinski definition) is 4. The highest BCUT2D eigenvalue weighted by molar-refractivity contribution is 5.78. The smallest absolute Gasteiger partial charge is 0.323 e. The molecule has 100 valence electrons. The van der Waals surface area contributed by atoms with Crippen molar-refractivity contribution in [2.24, 2.45) is 0 Å². The highest BCUT2D eigenvalue weighted by Gasteiger charge is 2.32. The van der Waals surface area contributed by atoms with E-state index in [-0.39, 0.29) is 17.8 Å². The van der Waals surface area contributed by atoms with Crippen molar-refractivity contribution >= 4 is 11.5 Å². The van der Waals surface area contributed by atoms with Crippen molar-refractivity contribution in [3.05, 3.63) is 35.9 Å². The number of aromatic hydroxyl groups is 1. The fourth-order valence-corrected chi connectivity index (χ4v) is 2.72. The molecule has 0 spiro atoms. The van der Waals surface area contributed by atoms with E-state index in [0.29, 0.717) is 6.61 Å². The van der Waals surface area contributed by atoms with Gasteiger partial charge in [-0.25, -0.2) is 0 Å². The second kappa shape index (κ2) is 5.05. The zero-order valence-electron chi connectivity index (χ0n) is 10.7. The number of cyclic esters (lactones) is 1. The summed E-state index contributed by atoms with van der Waals surface area (Å²) < 4.78 is 5.01. The van der Waals surface area contributed by atoms with Gasteiger partial charge in [0, 0.05) is 19.5 Å². The monoisotopic (exact) mass is 259 g/mol. The molecule has 0 radical (unpaired) electrons. The van der Waals surface area contributed by atoms with Gasteiger partial charge in [-0.05, 0) is 29.7 Å². The van der Waals surface area contributed by atoms with Crippen LogP contribution in [0.3, 0.4) is 0 Å². The predicted octanol–water partition coefficient (Wildman–Crippen LogP) is 1.80. The van der Waals surface area contributed by atoms with Gasteiger partial charge in [-0.1, -0.05) is 18.2 Å². The van der Waals surface area contributed by atoms with Crippen LogP contribution in [0.2, 0.25) is 0 Å². The topological polar surface area (TPSA) is 49.8 Å². The van der Waals surface area contributed by atoms with Gasteiger partial charge in [0.15, 0.2) is 0 Å². The number of carbonyl (C=O) groups is 1. The van der Waals surface area contributed by atoms with Crippen LogP contribution in [0, 0.1) is 0 Å². The van der Waals surface area contributed by atoms with Crippen LogP contribution in [0.4, 0.5) is 0 Å². The molecule has 0 aromatic heterocycles. The minimum absolute atomic E-state index is 0.0578. The highest BCUT2D eigenvalue weighted by Crippen LogP contribution is 2.26. The summed E-state index contributed by atoms with van der Waals surface area (Å²) in [6.45, 7) is 2.22. The molecular weight excluding hydrogens is 242 g/mol. The molecule has 3 rings (SSSR count). The Hall–Kier alpha value is -1.81. The molecule has 4 heteroatoms. The SMILES string of the molecule is O=C1OCCC1N1CC=C(c2ccc(O)cc2)CC1. The third kappa shape index (κ3) is 2.49. The molecular formula is C15H17NO3. The molecule has 0 aliphatic carbocycles. The fraction of sp³-hybridized carbons (Fsp3) is 0.400. The van der Waals surface area contributed by atoms with Crippen molar-refractivity contribution in [2.45, 2.75) is 18.9 Å². The number of carbonyl (C=O) groups excluding carboxylic acids is 1. The lowest BCUT2D eigenvalue weighted by Gasteiger charge is -2.29. The maximum Gasteiger partial charge on any atom is 0.323 e. The fourth-order valence-electron chi connectivity index (χ4n) is 2.72. The zero-order valence-corrected chi connectivity index (χ0v) is 10.7. The summed E-state index contributed by atoms with van der Waals surface area (Å²) >= 11 is 0. The molecule has 0 bridgehead atoms. The average Bonchev–Trinajstić information content (AvgIpc) is 2.86. The van der Waals surface area contributed by atoms with Gasteiger partial charge in [-0.2, -0.15) is 0 Å². The molecule has 2 aliphatic heterocycles.